The standard InChI is InChI=1S/C22H15N7O/c23-14-16-5-7-17(8-6-16)21(30)28-18-3-1-4-19(13-18)29(20-9-12-24-15-27-20)22-25-10-2-11-26-22/h1-13,15H,(H,28,30). The van der Waals surface area contributed by atoms with Crippen LogP contribution in [0.1, 0.15) is 15.9 Å². The van der Waals surface area contributed by atoms with Gasteiger partial charge in [-0.1, -0.05) is 6.07 Å². The van der Waals surface area contributed by atoms with Crippen LogP contribution in [0.25, 0.3) is 0 Å². The highest BCUT2D eigenvalue weighted by Gasteiger charge is 2.16. The SMILES string of the molecule is N#Cc1ccc(C(=O)Nc2cccc(N(c3ccncn3)c3ncccn3)c2)cc1. The zero-order valence-electron chi connectivity index (χ0n) is 15.7. The molecular formula is C22H15N7O. The van der Waals surface area contributed by atoms with Crippen molar-refractivity contribution in [3.63, 3.8) is 0 Å². The second-order valence-corrected chi connectivity index (χ2v) is 6.15. The lowest BCUT2D eigenvalue weighted by atomic mass is 10.1. The molecule has 2 aromatic carbocycles. The molecule has 1 N–H and O–H groups in total. The molecule has 8 heteroatoms. The molecule has 144 valence electrons. The molecule has 8 nitrogen and oxygen atoms in total. The number of aromatic nitrogens is 4. The van der Waals surface area contributed by atoms with Crippen molar-refractivity contribution in [2.75, 3.05) is 10.2 Å². The Morgan fingerprint density at radius 3 is 2.43 bits per heavy atom. The maximum Gasteiger partial charge on any atom is 0.255 e. The first-order valence-electron chi connectivity index (χ1n) is 8.99. The summed E-state index contributed by atoms with van der Waals surface area (Å²) in [5.74, 6) is 0.750. The molecule has 0 aliphatic heterocycles. The molecular weight excluding hydrogens is 378 g/mol. The van der Waals surface area contributed by atoms with Crippen molar-refractivity contribution in [2.24, 2.45) is 0 Å². The van der Waals surface area contributed by atoms with Gasteiger partial charge in [-0.05, 0) is 54.6 Å². The first-order chi connectivity index (χ1) is 14.7. The molecule has 0 radical (unpaired) electrons. The fourth-order valence-corrected chi connectivity index (χ4v) is 2.80. The van der Waals surface area contributed by atoms with E-state index in [1.807, 2.05) is 18.2 Å². The second kappa shape index (κ2) is 8.58. The molecule has 0 unspecified atom stereocenters. The Balaban J connectivity index is 1.65. The Morgan fingerprint density at radius 1 is 0.933 bits per heavy atom. The van der Waals surface area contributed by atoms with Crippen molar-refractivity contribution >= 4 is 29.0 Å². The van der Waals surface area contributed by atoms with Gasteiger partial charge in [0.05, 0.1) is 17.3 Å². The molecule has 0 saturated carbocycles. The van der Waals surface area contributed by atoms with Gasteiger partial charge in [-0.3, -0.25) is 9.69 Å². The van der Waals surface area contributed by atoms with Crippen molar-refractivity contribution < 1.29 is 4.79 Å². The maximum atomic E-state index is 12.6. The van der Waals surface area contributed by atoms with Crippen LogP contribution in [0.15, 0.2) is 85.6 Å². The number of rotatable bonds is 5. The van der Waals surface area contributed by atoms with E-state index in [1.54, 1.807) is 72.0 Å². The Morgan fingerprint density at radius 2 is 1.73 bits per heavy atom. The molecule has 0 fully saturated rings. The smallest absolute Gasteiger partial charge is 0.255 e. The molecule has 0 aliphatic rings. The predicted octanol–water partition coefficient (Wildman–Crippen LogP) is 3.86. The van der Waals surface area contributed by atoms with Gasteiger partial charge >= 0.3 is 0 Å². The van der Waals surface area contributed by atoms with Gasteiger partial charge in [-0.2, -0.15) is 5.26 Å². The van der Waals surface area contributed by atoms with Crippen molar-refractivity contribution in [3.05, 3.63) is 96.7 Å². The fraction of sp³-hybridized carbons (Fsp3) is 0. The number of nitrogens with one attached hydrogen (secondary N) is 1. The average Bonchev–Trinajstić information content (AvgIpc) is 2.81. The van der Waals surface area contributed by atoms with Crippen molar-refractivity contribution in [1.82, 2.24) is 19.9 Å². The van der Waals surface area contributed by atoms with E-state index in [-0.39, 0.29) is 5.91 Å². The van der Waals surface area contributed by atoms with Crippen LogP contribution in [0.3, 0.4) is 0 Å². The summed E-state index contributed by atoms with van der Waals surface area (Å²) in [7, 11) is 0. The zero-order chi connectivity index (χ0) is 20.8. The van der Waals surface area contributed by atoms with Crippen LogP contribution in [0, 0.1) is 11.3 Å². The van der Waals surface area contributed by atoms with Crippen LogP contribution in [0.4, 0.5) is 23.1 Å². The maximum absolute atomic E-state index is 12.6. The lowest BCUT2D eigenvalue weighted by molar-refractivity contribution is 0.102. The van der Waals surface area contributed by atoms with E-state index < -0.39 is 0 Å². The third kappa shape index (κ3) is 4.10. The van der Waals surface area contributed by atoms with Gasteiger partial charge in [-0.15, -0.1) is 0 Å². The summed E-state index contributed by atoms with van der Waals surface area (Å²) in [6, 6.07) is 19.2. The monoisotopic (exact) mass is 393 g/mol. The summed E-state index contributed by atoms with van der Waals surface area (Å²) in [6.45, 7) is 0. The summed E-state index contributed by atoms with van der Waals surface area (Å²) >= 11 is 0. The van der Waals surface area contributed by atoms with E-state index in [1.165, 1.54) is 6.33 Å². The van der Waals surface area contributed by atoms with Gasteiger partial charge < -0.3 is 5.32 Å². The Hall–Kier alpha value is -4.64. The quantitative estimate of drug-likeness (QED) is 0.548. The van der Waals surface area contributed by atoms with Crippen molar-refractivity contribution in [2.45, 2.75) is 0 Å². The van der Waals surface area contributed by atoms with Gasteiger partial charge in [-0.25, -0.2) is 19.9 Å². The molecule has 30 heavy (non-hydrogen) atoms. The van der Waals surface area contributed by atoms with Gasteiger partial charge in [0.2, 0.25) is 5.95 Å². The number of hydrogen-bond donors (Lipinski definition) is 1. The minimum Gasteiger partial charge on any atom is -0.322 e. The average molecular weight is 393 g/mol. The molecule has 0 saturated heterocycles. The van der Waals surface area contributed by atoms with Crippen LogP contribution in [-0.4, -0.2) is 25.8 Å². The fourth-order valence-electron chi connectivity index (χ4n) is 2.80. The summed E-state index contributed by atoms with van der Waals surface area (Å²) < 4.78 is 0. The lowest BCUT2D eigenvalue weighted by Gasteiger charge is -2.22. The Labute approximate surface area is 172 Å². The Kier molecular flexibility index (Phi) is 5.35. The van der Waals surface area contributed by atoms with E-state index in [2.05, 4.69) is 25.3 Å². The minimum absolute atomic E-state index is 0.277. The van der Waals surface area contributed by atoms with Crippen LogP contribution >= 0.6 is 0 Å². The molecule has 0 atom stereocenters. The molecule has 4 rings (SSSR count). The van der Waals surface area contributed by atoms with E-state index in [0.717, 1.165) is 5.69 Å². The number of nitrogens with zero attached hydrogens (tertiary/aromatic N) is 6. The molecule has 0 bridgehead atoms. The number of carbonyl (C=O) groups is 1. The van der Waals surface area contributed by atoms with Crippen LogP contribution < -0.4 is 10.2 Å². The van der Waals surface area contributed by atoms with Crippen LogP contribution in [0.5, 0.6) is 0 Å². The minimum atomic E-state index is -0.277. The lowest BCUT2D eigenvalue weighted by Crippen LogP contribution is -2.16. The first-order valence-corrected chi connectivity index (χ1v) is 8.99. The summed E-state index contributed by atoms with van der Waals surface area (Å²) in [6.07, 6.45) is 6.37. The van der Waals surface area contributed by atoms with E-state index in [4.69, 9.17) is 5.26 Å². The Bertz CT molecular complexity index is 1150. The van der Waals surface area contributed by atoms with Crippen LogP contribution in [-0.2, 0) is 0 Å². The van der Waals surface area contributed by atoms with Crippen LogP contribution in [0.2, 0.25) is 0 Å². The highest BCUT2D eigenvalue weighted by atomic mass is 16.1. The van der Waals surface area contributed by atoms with Gasteiger partial charge in [0.25, 0.3) is 5.91 Å². The molecule has 0 aliphatic carbocycles. The number of anilines is 4. The summed E-state index contributed by atoms with van der Waals surface area (Å²) in [4.78, 5) is 31.3. The third-order valence-corrected chi connectivity index (χ3v) is 4.19. The molecule has 2 aromatic heterocycles. The molecule has 4 aromatic rings. The zero-order valence-corrected chi connectivity index (χ0v) is 15.7. The highest BCUT2D eigenvalue weighted by Crippen LogP contribution is 2.31. The third-order valence-electron chi connectivity index (χ3n) is 4.19. The molecule has 1 amide bonds. The molecule has 2 heterocycles. The van der Waals surface area contributed by atoms with E-state index in [0.29, 0.717) is 28.6 Å². The number of hydrogen-bond acceptors (Lipinski definition) is 7. The largest absolute Gasteiger partial charge is 0.322 e. The summed E-state index contributed by atoms with van der Waals surface area (Å²) in [5.41, 5.74) is 2.27. The van der Waals surface area contributed by atoms with Crippen molar-refractivity contribution in [1.29, 1.82) is 5.26 Å². The number of benzene rings is 2. The molecule has 0 spiro atoms. The van der Waals surface area contributed by atoms with Gasteiger partial charge in [0.15, 0.2) is 0 Å². The van der Waals surface area contributed by atoms with E-state index >= 15 is 0 Å². The number of nitriles is 1. The first kappa shape index (κ1) is 18.7. The topological polar surface area (TPSA) is 108 Å². The number of amides is 1. The number of carbonyl (C=O) groups excluding carboxylic acids is 1. The van der Waals surface area contributed by atoms with Gasteiger partial charge in [0.1, 0.15) is 12.1 Å². The predicted molar refractivity (Wildman–Crippen MR) is 111 cm³/mol. The highest BCUT2D eigenvalue weighted by molar-refractivity contribution is 6.04. The summed E-state index contributed by atoms with van der Waals surface area (Å²) in [5, 5.41) is 11.8. The second-order valence-electron chi connectivity index (χ2n) is 6.15. The van der Waals surface area contributed by atoms with Crippen molar-refractivity contribution in [3.8, 4) is 6.07 Å². The van der Waals surface area contributed by atoms with E-state index in [9.17, 15) is 4.79 Å². The normalized spacial score (nSPS) is 10.1. The van der Waals surface area contributed by atoms with Gasteiger partial charge in [0, 0.05) is 29.8 Å².